The Morgan fingerprint density at radius 2 is 1.61 bits per heavy atom. The van der Waals surface area contributed by atoms with Crippen LogP contribution < -0.4 is 0 Å². The van der Waals surface area contributed by atoms with Gasteiger partial charge in [0.25, 0.3) is 0 Å². The average molecular weight is 240 g/mol. The van der Waals surface area contributed by atoms with Crippen LogP contribution in [-0.2, 0) is 6.42 Å². The van der Waals surface area contributed by atoms with Crippen molar-refractivity contribution in [3.05, 3.63) is 53.6 Å². The van der Waals surface area contributed by atoms with Gasteiger partial charge in [-0.3, -0.25) is 0 Å². The Morgan fingerprint density at radius 3 is 2.28 bits per heavy atom. The standard InChI is InChI=1S/C17H20O/c1-4-13-8-5-6-9-15(13)16-11-7-10-14(12(2)3)17(16)18/h5-12,18H,4H2,1-3H3. The van der Waals surface area contributed by atoms with Gasteiger partial charge in [-0.05, 0) is 29.0 Å². The van der Waals surface area contributed by atoms with Crippen LogP contribution in [-0.4, -0.2) is 5.11 Å². The van der Waals surface area contributed by atoms with Gasteiger partial charge in [-0.15, -0.1) is 0 Å². The van der Waals surface area contributed by atoms with E-state index in [2.05, 4.69) is 32.9 Å². The van der Waals surface area contributed by atoms with E-state index in [0.717, 1.165) is 23.1 Å². The molecule has 0 heterocycles. The van der Waals surface area contributed by atoms with Crippen LogP contribution in [0, 0.1) is 0 Å². The zero-order valence-corrected chi connectivity index (χ0v) is 11.3. The third-order valence-corrected chi connectivity index (χ3v) is 3.38. The largest absolute Gasteiger partial charge is 0.507 e. The van der Waals surface area contributed by atoms with Gasteiger partial charge in [-0.2, -0.15) is 0 Å². The van der Waals surface area contributed by atoms with Gasteiger partial charge in [0, 0.05) is 5.56 Å². The van der Waals surface area contributed by atoms with Crippen LogP contribution in [0.3, 0.4) is 0 Å². The minimum Gasteiger partial charge on any atom is -0.507 e. The highest BCUT2D eigenvalue weighted by atomic mass is 16.3. The van der Waals surface area contributed by atoms with E-state index in [4.69, 9.17) is 0 Å². The summed E-state index contributed by atoms with van der Waals surface area (Å²) in [6.45, 7) is 6.34. The molecular weight excluding hydrogens is 220 g/mol. The van der Waals surface area contributed by atoms with Crippen molar-refractivity contribution in [1.29, 1.82) is 0 Å². The van der Waals surface area contributed by atoms with Crippen LogP contribution in [0.25, 0.3) is 11.1 Å². The molecule has 0 aromatic heterocycles. The summed E-state index contributed by atoms with van der Waals surface area (Å²) >= 11 is 0. The third kappa shape index (κ3) is 2.26. The van der Waals surface area contributed by atoms with Crippen molar-refractivity contribution in [2.24, 2.45) is 0 Å². The molecule has 0 amide bonds. The van der Waals surface area contributed by atoms with E-state index in [1.54, 1.807) is 0 Å². The highest BCUT2D eigenvalue weighted by molar-refractivity contribution is 5.74. The summed E-state index contributed by atoms with van der Waals surface area (Å²) in [5.74, 6) is 0.757. The number of benzene rings is 2. The predicted molar refractivity (Wildman–Crippen MR) is 77.0 cm³/mol. The summed E-state index contributed by atoms with van der Waals surface area (Å²) in [4.78, 5) is 0. The molecule has 18 heavy (non-hydrogen) atoms. The Balaban J connectivity index is 2.61. The predicted octanol–water partition coefficient (Wildman–Crippen LogP) is 4.75. The van der Waals surface area contributed by atoms with E-state index >= 15 is 0 Å². The zero-order valence-electron chi connectivity index (χ0n) is 11.3. The first-order valence-corrected chi connectivity index (χ1v) is 6.55. The monoisotopic (exact) mass is 240 g/mol. The van der Waals surface area contributed by atoms with E-state index in [-0.39, 0.29) is 0 Å². The quantitative estimate of drug-likeness (QED) is 0.821. The van der Waals surface area contributed by atoms with E-state index < -0.39 is 0 Å². The molecule has 0 radical (unpaired) electrons. The summed E-state index contributed by atoms with van der Waals surface area (Å²) in [6.07, 6.45) is 0.974. The number of aromatic hydroxyl groups is 1. The second kappa shape index (κ2) is 5.26. The van der Waals surface area contributed by atoms with Gasteiger partial charge < -0.3 is 5.11 Å². The maximum Gasteiger partial charge on any atom is 0.126 e. The second-order valence-electron chi connectivity index (χ2n) is 4.91. The maximum atomic E-state index is 10.4. The summed E-state index contributed by atoms with van der Waals surface area (Å²) in [6, 6.07) is 14.3. The summed E-state index contributed by atoms with van der Waals surface area (Å²) < 4.78 is 0. The number of aryl methyl sites for hydroxylation is 1. The van der Waals surface area contributed by atoms with Crippen molar-refractivity contribution in [3.63, 3.8) is 0 Å². The molecule has 0 aliphatic rings. The summed E-state index contributed by atoms with van der Waals surface area (Å²) in [7, 11) is 0. The van der Waals surface area contributed by atoms with Gasteiger partial charge in [-0.25, -0.2) is 0 Å². The van der Waals surface area contributed by atoms with Crippen molar-refractivity contribution < 1.29 is 5.11 Å². The highest BCUT2D eigenvalue weighted by Crippen LogP contribution is 2.37. The lowest BCUT2D eigenvalue weighted by molar-refractivity contribution is 0.467. The molecule has 1 nitrogen and oxygen atoms in total. The maximum absolute atomic E-state index is 10.4. The lowest BCUT2D eigenvalue weighted by atomic mass is 9.92. The topological polar surface area (TPSA) is 20.2 Å². The van der Waals surface area contributed by atoms with Gasteiger partial charge in [0.15, 0.2) is 0 Å². The first kappa shape index (κ1) is 12.7. The molecule has 0 fully saturated rings. The molecule has 0 bridgehead atoms. The molecular formula is C17H20O. The molecule has 0 saturated heterocycles. The van der Waals surface area contributed by atoms with Gasteiger partial charge >= 0.3 is 0 Å². The fourth-order valence-corrected chi connectivity index (χ4v) is 2.34. The lowest BCUT2D eigenvalue weighted by Gasteiger charge is -2.14. The molecule has 2 rings (SSSR count). The van der Waals surface area contributed by atoms with Gasteiger partial charge in [-0.1, -0.05) is 63.2 Å². The minimum atomic E-state index is 0.332. The van der Waals surface area contributed by atoms with Crippen molar-refractivity contribution >= 4 is 0 Å². The Labute approximate surface area is 109 Å². The number of para-hydroxylation sites is 1. The number of phenols is 1. The van der Waals surface area contributed by atoms with Crippen LogP contribution >= 0.6 is 0 Å². The van der Waals surface area contributed by atoms with Crippen LogP contribution in [0.15, 0.2) is 42.5 Å². The zero-order chi connectivity index (χ0) is 13.1. The van der Waals surface area contributed by atoms with Crippen LogP contribution in [0.4, 0.5) is 0 Å². The van der Waals surface area contributed by atoms with Gasteiger partial charge in [0.2, 0.25) is 0 Å². The smallest absolute Gasteiger partial charge is 0.126 e. The minimum absolute atomic E-state index is 0.332. The first-order chi connectivity index (χ1) is 8.65. The number of hydrogen-bond donors (Lipinski definition) is 1. The summed E-state index contributed by atoms with van der Waals surface area (Å²) in [5.41, 5.74) is 4.37. The molecule has 0 spiro atoms. The molecule has 1 N–H and O–H groups in total. The van der Waals surface area contributed by atoms with Crippen LogP contribution in [0.2, 0.25) is 0 Å². The van der Waals surface area contributed by atoms with Crippen LogP contribution in [0.1, 0.15) is 37.8 Å². The molecule has 2 aromatic rings. The highest BCUT2D eigenvalue weighted by Gasteiger charge is 2.13. The number of phenolic OH excluding ortho intramolecular Hbond substituents is 1. The van der Waals surface area contributed by atoms with Crippen molar-refractivity contribution in [2.45, 2.75) is 33.1 Å². The fourth-order valence-electron chi connectivity index (χ4n) is 2.34. The Bertz CT molecular complexity index is 541. The average Bonchev–Trinajstić information content (AvgIpc) is 2.38. The van der Waals surface area contributed by atoms with Crippen molar-refractivity contribution in [3.8, 4) is 16.9 Å². The normalized spacial score (nSPS) is 10.9. The lowest BCUT2D eigenvalue weighted by Crippen LogP contribution is -1.92. The second-order valence-corrected chi connectivity index (χ2v) is 4.91. The van der Waals surface area contributed by atoms with E-state index in [9.17, 15) is 5.11 Å². The summed E-state index contributed by atoms with van der Waals surface area (Å²) in [5, 5.41) is 10.4. The molecule has 0 atom stereocenters. The van der Waals surface area contributed by atoms with Crippen LogP contribution in [0.5, 0.6) is 5.75 Å². The SMILES string of the molecule is CCc1ccccc1-c1cccc(C(C)C)c1O. The van der Waals surface area contributed by atoms with Crippen molar-refractivity contribution in [2.75, 3.05) is 0 Å². The molecule has 94 valence electrons. The Hall–Kier alpha value is -1.76. The molecule has 0 saturated carbocycles. The Kier molecular flexibility index (Phi) is 3.71. The Morgan fingerprint density at radius 1 is 0.944 bits per heavy atom. The van der Waals surface area contributed by atoms with Crippen molar-refractivity contribution in [1.82, 2.24) is 0 Å². The van der Waals surface area contributed by atoms with E-state index in [1.165, 1.54) is 5.56 Å². The number of rotatable bonds is 3. The first-order valence-electron chi connectivity index (χ1n) is 6.55. The number of hydrogen-bond acceptors (Lipinski definition) is 1. The third-order valence-electron chi connectivity index (χ3n) is 3.38. The van der Waals surface area contributed by atoms with Gasteiger partial charge in [0.1, 0.15) is 5.75 Å². The van der Waals surface area contributed by atoms with E-state index in [1.807, 2.05) is 30.3 Å². The molecule has 0 unspecified atom stereocenters. The van der Waals surface area contributed by atoms with Gasteiger partial charge in [0.05, 0.1) is 0 Å². The molecule has 0 aliphatic heterocycles. The fraction of sp³-hybridized carbons (Fsp3) is 0.294. The molecule has 0 aliphatic carbocycles. The molecule has 1 heteroatoms. The molecule has 2 aromatic carbocycles. The van der Waals surface area contributed by atoms with E-state index in [0.29, 0.717) is 11.7 Å².